The third-order valence-corrected chi connectivity index (χ3v) is 5.49. The minimum absolute atomic E-state index is 0.320. The molecular weight excluding hydrogens is 410 g/mol. The van der Waals surface area contributed by atoms with Crippen molar-refractivity contribution in [3.63, 3.8) is 0 Å². The van der Waals surface area contributed by atoms with Gasteiger partial charge in [-0.25, -0.2) is 9.78 Å². The monoisotopic (exact) mass is 431 g/mol. The van der Waals surface area contributed by atoms with Crippen LogP contribution in [0.25, 0.3) is 10.6 Å². The van der Waals surface area contributed by atoms with E-state index in [-0.39, 0.29) is 5.97 Å². The first-order chi connectivity index (χ1) is 15.1. The fraction of sp³-hybridized carbons (Fsp3) is 0.167. The van der Waals surface area contributed by atoms with Crippen molar-refractivity contribution in [3.05, 3.63) is 88.6 Å². The molecule has 4 rings (SSSR count). The first kappa shape index (κ1) is 20.7. The van der Waals surface area contributed by atoms with Crippen LogP contribution in [0.3, 0.4) is 0 Å². The first-order valence-corrected chi connectivity index (χ1v) is 10.7. The molecule has 0 spiro atoms. The van der Waals surface area contributed by atoms with E-state index in [1.54, 1.807) is 48.7 Å². The van der Waals surface area contributed by atoms with E-state index in [1.807, 2.05) is 12.1 Å². The average molecular weight is 432 g/mol. The van der Waals surface area contributed by atoms with Crippen LogP contribution in [-0.4, -0.2) is 27.8 Å². The number of carbonyl (C=O) groups excluding carboxylic acids is 1. The van der Waals surface area contributed by atoms with Crippen LogP contribution in [0.5, 0.6) is 11.6 Å². The zero-order valence-electron chi connectivity index (χ0n) is 17.2. The number of carbonyl (C=O) groups is 1. The van der Waals surface area contributed by atoms with E-state index >= 15 is 0 Å². The van der Waals surface area contributed by atoms with Crippen molar-refractivity contribution in [2.75, 3.05) is 6.61 Å². The molecule has 0 bridgehead atoms. The lowest BCUT2D eigenvalue weighted by Gasteiger charge is -2.10. The second kappa shape index (κ2) is 9.49. The molecule has 6 nitrogen and oxygen atoms in total. The van der Waals surface area contributed by atoms with Crippen LogP contribution < -0.4 is 4.74 Å². The van der Waals surface area contributed by atoms with Gasteiger partial charge >= 0.3 is 5.97 Å². The summed E-state index contributed by atoms with van der Waals surface area (Å²) in [5.74, 6) is 0.602. The van der Waals surface area contributed by atoms with Crippen LogP contribution in [0.1, 0.15) is 33.4 Å². The summed E-state index contributed by atoms with van der Waals surface area (Å²) < 4.78 is 11.1. The summed E-state index contributed by atoms with van der Waals surface area (Å²) in [6, 6.07) is 18.9. The number of hydrogen-bond acceptors (Lipinski definition) is 7. The molecule has 0 aliphatic rings. The Morgan fingerprint density at radius 3 is 2.68 bits per heavy atom. The van der Waals surface area contributed by atoms with Crippen LogP contribution in [-0.2, 0) is 11.2 Å². The molecule has 2 aromatic heterocycles. The highest BCUT2D eigenvalue weighted by molar-refractivity contribution is 7.14. The predicted molar refractivity (Wildman–Crippen MR) is 120 cm³/mol. The van der Waals surface area contributed by atoms with Crippen LogP contribution in [0.15, 0.2) is 66.9 Å². The van der Waals surface area contributed by atoms with E-state index in [4.69, 9.17) is 9.47 Å². The van der Waals surface area contributed by atoms with E-state index in [2.05, 4.69) is 46.4 Å². The van der Waals surface area contributed by atoms with Crippen molar-refractivity contribution < 1.29 is 14.3 Å². The summed E-state index contributed by atoms with van der Waals surface area (Å²) in [6.45, 7) is 4.15. The minimum atomic E-state index is -0.383. The minimum Gasteiger partial charge on any atom is -0.462 e. The van der Waals surface area contributed by atoms with Gasteiger partial charge in [0.15, 0.2) is 0 Å². The summed E-state index contributed by atoms with van der Waals surface area (Å²) >= 11 is 1.55. The Labute approximate surface area is 184 Å². The van der Waals surface area contributed by atoms with Gasteiger partial charge in [-0.2, -0.15) is 0 Å². The number of pyridine rings is 1. The molecule has 31 heavy (non-hydrogen) atoms. The molecule has 2 aromatic carbocycles. The molecule has 0 N–H and O–H groups in total. The summed E-state index contributed by atoms with van der Waals surface area (Å²) in [7, 11) is 0. The lowest BCUT2D eigenvalue weighted by molar-refractivity contribution is 0.0526. The van der Waals surface area contributed by atoms with Crippen molar-refractivity contribution >= 4 is 17.3 Å². The van der Waals surface area contributed by atoms with Gasteiger partial charge in [-0.05, 0) is 38.1 Å². The molecule has 0 radical (unpaired) electrons. The van der Waals surface area contributed by atoms with E-state index < -0.39 is 0 Å². The highest BCUT2D eigenvalue weighted by Crippen LogP contribution is 2.29. The molecule has 0 amide bonds. The predicted octanol–water partition coefficient (Wildman–Crippen LogP) is 5.47. The number of rotatable bonds is 7. The summed E-state index contributed by atoms with van der Waals surface area (Å²) in [4.78, 5) is 16.4. The molecule has 0 aliphatic carbocycles. The van der Waals surface area contributed by atoms with Gasteiger partial charge in [0.1, 0.15) is 15.8 Å². The Balaban J connectivity index is 1.53. The average Bonchev–Trinajstić information content (AvgIpc) is 3.24. The molecule has 4 aromatic rings. The lowest BCUT2D eigenvalue weighted by Crippen LogP contribution is -2.04. The molecule has 0 saturated carbocycles. The van der Waals surface area contributed by atoms with E-state index in [1.165, 1.54) is 5.56 Å². The zero-order valence-corrected chi connectivity index (χ0v) is 18.1. The van der Waals surface area contributed by atoms with Crippen LogP contribution >= 0.6 is 11.3 Å². The first-order valence-electron chi connectivity index (χ1n) is 9.90. The Bertz CT molecular complexity index is 1190. The third kappa shape index (κ3) is 5.13. The van der Waals surface area contributed by atoms with Crippen molar-refractivity contribution in [1.82, 2.24) is 15.2 Å². The van der Waals surface area contributed by atoms with Gasteiger partial charge in [0, 0.05) is 23.7 Å². The van der Waals surface area contributed by atoms with Gasteiger partial charge in [0.25, 0.3) is 0 Å². The Morgan fingerprint density at radius 1 is 1.03 bits per heavy atom. The standard InChI is InChI=1S/C24H21N3O3S/c1-3-29-24(28)19-6-4-8-20(14-19)30-22-18(7-5-13-25-22)15-21-26-27-23(31-21)17-11-9-16(2)10-12-17/h4-14H,3,15H2,1-2H3. The number of aryl methyl sites for hydroxylation is 1. The smallest absolute Gasteiger partial charge is 0.338 e. The van der Waals surface area contributed by atoms with Crippen molar-refractivity contribution in [1.29, 1.82) is 0 Å². The third-order valence-electron chi connectivity index (χ3n) is 4.52. The van der Waals surface area contributed by atoms with Crippen LogP contribution in [0.2, 0.25) is 0 Å². The highest BCUT2D eigenvalue weighted by atomic mass is 32.1. The van der Waals surface area contributed by atoms with Crippen molar-refractivity contribution in [2.45, 2.75) is 20.3 Å². The summed E-state index contributed by atoms with van der Waals surface area (Å²) in [5.41, 5.74) is 3.57. The van der Waals surface area contributed by atoms with Gasteiger partial charge in [0.05, 0.1) is 12.2 Å². The molecule has 0 aliphatic heterocycles. The number of aromatic nitrogens is 3. The summed E-state index contributed by atoms with van der Waals surface area (Å²) in [6.07, 6.45) is 2.22. The van der Waals surface area contributed by atoms with Gasteiger partial charge in [0.2, 0.25) is 5.88 Å². The topological polar surface area (TPSA) is 74.2 Å². The molecule has 156 valence electrons. The number of ether oxygens (including phenoxy) is 2. The Kier molecular flexibility index (Phi) is 6.33. The molecule has 7 heteroatoms. The van der Waals surface area contributed by atoms with Crippen LogP contribution in [0.4, 0.5) is 0 Å². The number of esters is 1. The fourth-order valence-corrected chi connectivity index (χ4v) is 3.83. The zero-order chi connectivity index (χ0) is 21.6. The fourth-order valence-electron chi connectivity index (χ4n) is 2.96. The van der Waals surface area contributed by atoms with E-state index in [9.17, 15) is 4.79 Å². The number of nitrogens with zero attached hydrogens (tertiary/aromatic N) is 3. The number of benzene rings is 2. The SMILES string of the molecule is CCOC(=O)c1cccc(Oc2ncccc2Cc2nnc(-c3ccc(C)cc3)s2)c1. The molecule has 0 fully saturated rings. The van der Waals surface area contributed by atoms with Crippen molar-refractivity contribution in [2.24, 2.45) is 0 Å². The van der Waals surface area contributed by atoms with Crippen molar-refractivity contribution in [3.8, 4) is 22.2 Å². The maximum Gasteiger partial charge on any atom is 0.338 e. The molecule has 2 heterocycles. The van der Waals surface area contributed by atoms with Gasteiger partial charge < -0.3 is 9.47 Å². The summed E-state index contributed by atoms with van der Waals surface area (Å²) in [5, 5.41) is 10.4. The molecule has 0 atom stereocenters. The van der Waals surface area contributed by atoms with E-state index in [0.717, 1.165) is 21.1 Å². The quantitative estimate of drug-likeness (QED) is 0.361. The normalized spacial score (nSPS) is 10.6. The highest BCUT2D eigenvalue weighted by Gasteiger charge is 2.13. The van der Waals surface area contributed by atoms with Crippen LogP contribution in [0, 0.1) is 6.92 Å². The lowest BCUT2D eigenvalue weighted by atomic mass is 10.2. The van der Waals surface area contributed by atoms with Gasteiger partial charge in [-0.3, -0.25) is 0 Å². The molecule has 0 unspecified atom stereocenters. The maximum atomic E-state index is 12.0. The molecular formula is C24H21N3O3S. The second-order valence-electron chi connectivity index (χ2n) is 6.86. The second-order valence-corrected chi connectivity index (χ2v) is 7.92. The largest absolute Gasteiger partial charge is 0.462 e. The Morgan fingerprint density at radius 2 is 1.87 bits per heavy atom. The van der Waals surface area contributed by atoms with Gasteiger partial charge in [-0.1, -0.05) is 53.3 Å². The number of hydrogen-bond donors (Lipinski definition) is 0. The van der Waals surface area contributed by atoms with Gasteiger partial charge in [-0.15, -0.1) is 10.2 Å². The Hall–Kier alpha value is -3.58. The molecule has 0 saturated heterocycles. The van der Waals surface area contributed by atoms with E-state index in [0.29, 0.717) is 30.2 Å². The maximum absolute atomic E-state index is 12.0.